The number of carbonyl (C=O) groups is 1. The number of carbonyl (C=O) groups excluding carboxylic acids is 1. The molecule has 2 aliphatic rings. The summed E-state index contributed by atoms with van der Waals surface area (Å²) >= 11 is 0. The Balaban J connectivity index is 2.09. The summed E-state index contributed by atoms with van der Waals surface area (Å²) in [6, 6.07) is 0. The lowest BCUT2D eigenvalue weighted by atomic mass is 10.0. The molecule has 0 bridgehead atoms. The van der Waals surface area contributed by atoms with Gasteiger partial charge in [-0.25, -0.2) is 13.2 Å². The number of allylic oxidation sites excluding steroid dienone is 2. The molecule has 146 valence electrons. The first-order valence-electron chi connectivity index (χ1n) is 8.85. The van der Waals surface area contributed by atoms with Crippen molar-refractivity contribution in [1.29, 1.82) is 0 Å². The summed E-state index contributed by atoms with van der Waals surface area (Å²) in [5.74, 6) is 0. The van der Waals surface area contributed by atoms with Crippen LogP contribution in [0.5, 0.6) is 0 Å². The van der Waals surface area contributed by atoms with Crippen molar-refractivity contribution in [3.8, 4) is 0 Å². The molecule has 0 radical (unpaired) electrons. The molecule has 0 saturated carbocycles. The lowest BCUT2D eigenvalue weighted by Gasteiger charge is -2.42. The molecular weight excluding hydrogens is 356 g/mol. The molecule has 2 rings (SSSR count). The largest absolute Gasteiger partial charge is 0.413 e. The van der Waals surface area contributed by atoms with Crippen molar-refractivity contribution < 1.29 is 22.7 Å². The number of hydrogen-bond donors (Lipinski definition) is 0. The lowest BCUT2D eigenvalue weighted by molar-refractivity contribution is -0.0900. The zero-order valence-electron chi connectivity index (χ0n) is 16.0. The number of sulfonamides is 1. The fourth-order valence-corrected chi connectivity index (χ4v) is 4.71. The molecule has 1 spiro atoms. The van der Waals surface area contributed by atoms with E-state index < -0.39 is 27.4 Å². The Morgan fingerprint density at radius 3 is 2.46 bits per heavy atom. The van der Waals surface area contributed by atoms with Crippen molar-refractivity contribution in [3.63, 3.8) is 0 Å². The van der Waals surface area contributed by atoms with E-state index in [-0.39, 0.29) is 4.91 Å². The van der Waals surface area contributed by atoms with Crippen LogP contribution in [-0.2, 0) is 19.5 Å². The second-order valence-electron chi connectivity index (χ2n) is 7.09. The van der Waals surface area contributed by atoms with Gasteiger partial charge in [0, 0.05) is 46.3 Å². The van der Waals surface area contributed by atoms with Crippen LogP contribution in [0, 0.1) is 6.42 Å². The molecule has 0 aliphatic carbocycles. The Hall–Kier alpha value is -1.51. The van der Waals surface area contributed by atoms with E-state index >= 15 is 0 Å². The van der Waals surface area contributed by atoms with Gasteiger partial charge in [0.15, 0.2) is 0 Å². The zero-order chi connectivity index (χ0) is 19.6. The Kier molecular flexibility index (Phi) is 6.09. The summed E-state index contributed by atoms with van der Waals surface area (Å²) in [6.45, 7) is 12.3. The van der Waals surface area contributed by atoms with Crippen molar-refractivity contribution in [3.05, 3.63) is 30.1 Å². The second kappa shape index (κ2) is 7.62. The number of hydrogen-bond acceptors (Lipinski definition) is 5. The maximum Gasteiger partial charge on any atom is 0.413 e. The summed E-state index contributed by atoms with van der Waals surface area (Å²) in [4.78, 5) is 14.0. The third kappa shape index (κ3) is 4.07. The first kappa shape index (κ1) is 20.8. The molecule has 1 amide bonds. The molecule has 0 aromatic heterocycles. The van der Waals surface area contributed by atoms with E-state index in [9.17, 15) is 13.2 Å². The van der Waals surface area contributed by atoms with Crippen LogP contribution in [0.15, 0.2) is 23.6 Å². The van der Waals surface area contributed by atoms with E-state index in [1.807, 2.05) is 27.2 Å². The van der Waals surface area contributed by atoms with Gasteiger partial charge in [0.05, 0.1) is 18.4 Å². The summed E-state index contributed by atoms with van der Waals surface area (Å²) in [7, 11) is -3.69. The molecule has 0 unspecified atom stereocenters. The predicted octanol–water partition coefficient (Wildman–Crippen LogP) is 2.67. The van der Waals surface area contributed by atoms with Gasteiger partial charge < -0.3 is 14.4 Å². The van der Waals surface area contributed by atoms with Gasteiger partial charge in [0.1, 0.15) is 12.1 Å². The molecule has 0 N–H and O–H groups in total. The van der Waals surface area contributed by atoms with Crippen LogP contribution < -0.4 is 0 Å². The van der Waals surface area contributed by atoms with Gasteiger partial charge in [-0.3, -0.25) is 0 Å². The van der Waals surface area contributed by atoms with E-state index in [0.717, 1.165) is 0 Å². The Bertz CT molecular complexity index is 676. The number of nitrogens with zero attached hydrogens (tertiary/aromatic N) is 2. The molecule has 2 fully saturated rings. The quantitative estimate of drug-likeness (QED) is 0.537. The minimum absolute atomic E-state index is 0.0481. The number of likely N-dealkylation sites (tertiary alicyclic amines) is 1. The van der Waals surface area contributed by atoms with Crippen LogP contribution >= 0.6 is 0 Å². The van der Waals surface area contributed by atoms with Crippen molar-refractivity contribution in [2.75, 3.05) is 26.2 Å². The average molecular weight is 386 g/mol. The van der Waals surface area contributed by atoms with Crippen molar-refractivity contribution in [2.45, 2.75) is 51.9 Å². The third-order valence-electron chi connectivity index (χ3n) is 4.94. The Morgan fingerprint density at radius 1 is 1.31 bits per heavy atom. The molecule has 0 atom stereocenters. The van der Waals surface area contributed by atoms with Crippen LogP contribution in [0.25, 0.3) is 0 Å². The first-order valence-corrected chi connectivity index (χ1v) is 10.3. The highest BCUT2D eigenvalue weighted by Crippen LogP contribution is 2.38. The van der Waals surface area contributed by atoms with E-state index in [1.54, 1.807) is 17.9 Å². The van der Waals surface area contributed by atoms with Crippen LogP contribution in [-0.4, -0.2) is 61.3 Å². The van der Waals surface area contributed by atoms with Crippen LogP contribution in [0.4, 0.5) is 4.79 Å². The minimum Gasteiger partial charge on any atom is -0.402 e. The van der Waals surface area contributed by atoms with Gasteiger partial charge in [-0.1, -0.05) is 12.7 Å². The molecule has 2 aliphatic heterocycles. The molecule has 0 aromatic rings. The van der Waals surface area contributed by atoms with Crippen molar-refractivity contribution in [1.82, 2.24) is 9.21 Å². The van der Waals surface area contributed by atoms with E-state index in [2.05, 4.69) is 6.58 Å². The first-order chi connectivity index (χ1) is 12.1. The van der Waals surface area contributed by atoms with E-state index in [0.29, 0.717) is 39.1 Å². The maximum atomic E-state index is 12.8. The standard InChI is InChI=1S/C18H29N2O5S/c1-6-8-15(3)26(22,23)20-13-14-24-18(20)9-11-19(12-10-18)16(21)25-17(4,5)7-2/h6-8H,3,9-14H2,1-2,4-5H3/q+1/b8-6-. The summed E-state index contributed by atoms with van der Waals surface area (Å²) in [6.07, 6.45) is 5.36. The maximum absolute atomic E-state index is 12.8. The fraction of sp³-hybridized carbons (Fsp3) is 0.667. The zero-order valence-corrected chi connectivity index (χ0v) is 16.8. The van der Waals surface area contributed by atoms with Gasteiger partial charge in [-0.05, 0) is 13.0 Å². The van der Waals surface area contributed by atoms with Gasteiger partial charge in [-0.2, -0.15) is 4.31 Å². The van der Waals surface area contributed by atoms with Crippen LogP contribution in [0.2, 0.25) is 0 Å². The summed E-state index contributed by atoms with van der Waals surface area (Å²) < 4.78 is 38.4. The van der Waals surface area contributed by atoms with Crippen molar-refractivity contribution >= 4 is 16.1 Å². The monoisotopic (exact) mass is 385 g/mol. The highest BCUT2D eigenvalue weighted by atomic mass is 32.2. The lowest BCUT2D eigenvalue weighted by Crippen LogP contribution is -2.56. The Morgan fingerprint density at radius 2 is 1.92 bits per heavy atom. The van der Waals surface area contributed by atoms with Crippen LogP contribution in [0.3, 0.4) is 0 Å². The Labute approximate surface area is 156 Å². The second-order valence-corrected chi connectivity index (χ2v) is 9.00. The molecule has 26 heavy (non-hydrogen) atoms. The molecule has 7 nitrogen and oxygen atoms in total. The average Bonchev–Trinajstić information content (AvgIpc) is 2.99. The van der Waals surface area contributed by atoms with Crippen molar-refractivity contribution in [2.24, 2.45) is 0 Å². The smallest absolute Gasteiger partial charge is 0.402 e. The third-order valence-corrected chi connectivity index (χ3v) is 6.84. The molecule has 2 heterocycles. The highest BCUT2D eigenvalue weighted by Gasteiger charge is 2.51. The number of amides is 1. The van der Waals surface area contributed by atoms with Gasteiger partial charge in [0.2, 0.25) is 15.6 Å². The highest BCUT2D eigenvalue weighted by molar-refractivity contribution is 7.93. The van der Waals surface area contributed by atoms with E-state index in [1.165, 1.54) is 10.4 Å². The molecule has 8 heteroatoms. The molecule has 2 saturated heterocycles. The normalized spacial score (nSPS) is 21.3. The van der Waals surface area contributed by atoms with Gasteiger partial charge in [0.25, 0.3) is 0 Å². The number of ether oxygens (including phenoxy) is 2. The SMILES string of the molecule is C=C(/C=C\C)S(=O)(=O)N1CCOC12CCN(C(=O)OC(C)(C)[CH+]C)CC2. The molecular formula is C18H29N2O5S+. The van der Waals surface area contributed by atoms with Gasteiger partial charge in [-0.15, -0.1) is 0 Å². The molecule has 0 aromatic carbocycles. The minimum atomic E-state index is -3.69. The van der Waals surface area contributed by atoms with E-state index in [4.69, 9.17) is 9.47 Å². The van der Waals surface area contributed by atoms with Gasteiger partial charge >= 0.3 is 6.09 Å². The number of rotatable bonds is 5. The summed E-state index contributed by atoms with van der Waals surface area (Å²) in [5, 5.41) is 0. The number of piperidine rings is 1. The topological polar surface area (TPSA) is 76.2 Å². The summed E-state index contributed by atoms with van der Waals surface area (Å²) in [5.41, 5.74) is -1.55. The predicted molar refractivity (Wildman–Crippen MR) is 99.6 cm³/mol. The fourth-order valence-electron chi connectivity index (χ4n) is 3.13. The van der Waals surface area contributed by atoms with Crippen LogP contribution in [0.1, 0.15) is 40.5 Å².